The topological polar surface area (TPSA) is 75.4 Å². The van der Waals surface area contributed by atoms with E-state index in [1.165, 1.54) is 10.5 Å². The lowest BCUT2D eigenvalue weighted by atomic mass is 10.1. The van der Waals surface area contributed by atoms with E-state index >= 15 is 0 Å². The molecule has 1 aromatic heterocycles. The first-order valence-corrected chi connectivity index (χ1v) is 11.2. The molecule has 1 saturated carbocycles. The Kier molecular flexibility index (Phi) is 4.65. The zero-order valence-electron chi connectivity index (χ0n) is 16.5. The van der Waals surface area contributed by atoms with Crippen molar-refractivity contribution in [2.75, 3.05) is 13.1 Å². The number of carbonyl (C=O) groups excluding carboxylic acids is 1. The van der Waals surface area contributed by atoms with Gasteiger partial charge in [0.05, 0.1) is 0 Å². The van der Waals surface area contributed by atoms with Gasteiger partial charge in [0.25, 0.3) is 0 Å². The van der Waals surface area contributed by atoms with Crippen molar-refractivity contribution in [1.82, 2.24) is 14.7 Å². The standard InChI is InChI=1S/C22H25N3O3S/c1-13-4-2-3-5-18(13)29-15-6-8-24(9-7-15)19(26)12-25-17-11-14-10-16(14)20(17)21(23-25)22(27)28/h2-5,14-16H,6-12H2,1H3,(H,27,28). The number of piperidine rings is 1. The highest BCUT2D eigenvalue weighted by Crippen LogP contribution is 2.57. The monoisotopic (exact) mass is 411 g/mol. The second kappa shape index (κ2) is 7.20. The average molecular weight is 412 g/mol. The molecule has 1 saturated heterocycles. The number of hydrogen-bond acceptors (Lipinski definition) is 4. The number of carbonyl (C=O) groups is 2. The molecule has 0 bridgehead atoms. The number of aromatic nitrogens is 2. The summed E-state index contributed by atoms with van der Waals surface area (Å²) >= 11 is 1.92. The van der Waals surface area contributed by atoms with E-state index in [0.29, 0.717) is 17.1 Å². The van der Waals surface area contributed by atoms with Crippen LogP contribution in [0.4, 0.5) is 0 Å². The summed E-state index contributed by atoms with van der Waals surface area (Å²) in [5.74, 6) is -0.00738. The first-order valence-electron chi connectivity index (χ1n) is 10.3. The molecule has 152 valence electrons. The molecule has 6 nitrogen and oxygen atoms in total. The lowest BCUT2D eigenvalue weighted by Gasteiger charge is -2.32. The van der Waals surface area contributed by atoms with Gasteiger partial charge in [0.15, 0.2) is 5.69 Å². The number of carboxylic acids is 1. The summed E-state index contributed by atoms with van der Waals surface area (Å²) in [5, 5.41) is 14.3. The van der Waals surface area contributed by atoms with Crippen LogP contribution in [-0.2, 0) is 17.8 Å². The van der Waals surface area contributed by atoms with Crippen LogP contribution in [0.25, 0.3) is 0 Å². The first kappa shape index (κ1) is 18.7. The zero-order chi connectivity index (χ0) is 20.1. The number of rotatable bonds is 5. The maximum atomic E-state index is 12.9. The number of amides is 1. The van der Waals surface area contributed by atoms with E-state index in [1.54, 1.807) is 4.68 Å². The van der Waals surface area contributed by atoms with Gasteiger partial charge in [0.1, 0.15) is 6.54 Å². The van der Waals surface area contributed by atoms with Crippen molar-refractivity contribution in [3.8, 4) is 0 Å². The van der Waals surface area contributed by atoms with E-state index in [4.69, 9.17) is 0 Å². The van der Waals surface area contributed by atoms with Gasteiger partial charge >= 0.3 is 5.97 Å². The number of hydrogen-bond donors (Lipinski definition) is 1. The molecular weight excluding hydrogens is 386 g/mol. The molecule has 1 aromatic carbocycles. The molecule has 2 fully saturated rings. The minimum absolute atomic E-state index is 0.0483. The third kappa shape index (κ3) is 3.45. The van der Waals surface area contributed by atoms with Gasteiger partial charge in [-0.1, -0.05) is 18.2 Å². The van der Waals surface area contributed by atoms with Crippen LogP contribution in [0.1, 0.15) is 52.5 Å². The molecule has 2 atom stereocenters. The smallest absolute Gasteiger partial charge is 0.356 e. The fraction of sp³-hybridized carbons (Fsp3) is 0.500. The fourth-order valence-corrected chi connectivity index (χ4v) is 6.02. The van der Waals surface area contributed by atoms with Crippen molar-refractivity contribution in [2.24, 2.45) is 5.92 Å². The van der Waals surface area contributed by atoms with Crippen molar-refractivity contribution in [3.05, 3.63) is 46.8 Å². The normalized spacial score (nSPS) is 23.0. The number of likely N-dealkylation sites (tertiary alicyclic amines) is 1. The van der Waals surface area contributed by atoms with Crippen molar-refractivity contribution < 1.29 is 14.7 Å². The number of carboxylic acid groups (broad SMARTS) is 1. The van der Waals surface area contributed by atoms with Crippen LogP contribution in [0, 0.1) is 12.8 Å². The van der Waals surface area contributed by atoms with Crippen LogP contribution in [0.5, 0.6) is 0 Å². The van der Waals surface area contributed by atoms with E-state index in [1.807, 2.05) is 16.7 Å². The van der Waals surface area contributed by atoms with Gasteiger partial charge < -0.3 is 10.0 Å². The molecule has 29 heavy (non-hydrogen) atoms. The minimum Gasteiger partial charge on any atom is -0.476 e. The third-order valence-electron chi connectivity index (χ3n) is 6.52. The van der Waals surface area contributed by atoms with E-state index in [-0.39, 0.29) is 18.1 Å². The Morgan fingerprint density at radius 2 is 2.00 bits per heavy atom. The first-order chi connectivity index (χ1) is 14.0. The number of thioether (sulfide) groups is 1. The van der Waals surface area contributed by atoms with Crippen LogP contribution in [0.2, 0.25) is 0 Å². The summed E-state index contributed by atoms with van der Waals surface area (Å²) in [4.78, 5) is 27.7. The number of nitrogens with zero attached hydrogens (tertiary/aromatic N) is 3. The molecule has 0 spiro atoms. The summed E-state index contributed by atoms with van der Waals surface area (Å²) < 4.78 is 1.67. The summed E-state index contributed by atoms with van der Waals surface area (Å²) in [6.07, 6.45) is 3.89. The van der Waals surface area contributed by atoms with E-state index in [9.17, 15) is 14.7 Å². The number of aryl methyl sites for hydroxylation is 1. The van der Waals surface area contributed by atoms with Crippen molar-refractivity contribution >= 4 is 23.6 Å². The maximum Gasteiger partial charge on any atom is 0.356 e. The van der Waals surface area contributed by atoms with Gasteiger partial charge in [-0.2, -0.15) is 5.10 Å². The van der Waals surface area contributed by atoms with Gasteiger partial charge in [-0.3, -0.25) is 9.48 Å². The fourth-order valence-electron chi connectivity index (χ4n) is 4.80. The second-order valence-electron chi connectivity index (χ2n) is 8.44. The average Bonchev–Trinajstić information content (AvgIpc) is 3.23. The largest absolute Gasteiger partial charge is 0.476 e. The van der Waals surface area contributed by atoms with E-state index in [2.05, 4.69) is 36.3 Å². The molecule has 1 aliphatic heterocycles. The molecule has 3 aliphatic rings. The Bertz CT molecular complexity index is 978. The lowest BCUT2D eigenvalue weighted by Crippen LogP contribution is -2.41. The SMILES string of the molecule is Cc1ccccc1SC1CCN(C(=O)Cn2nc(C(=O)O)c3c2CC2CC32)CC1. The molecule has 7 heteroatoms. The molecule has 2 aliphatic carbocycles. The number of fused-ring (bicyclic) bond motifs is 3. The van der Waals surface area contributed by atoms with Gasteiger partial charge in [0.2, 0.25) is 5.91 Å². The lowest BCUT2D eigenvalue weighted by molar-refractivity contribution is -0.132. The summed E-state index contributed by atoms with van der Waals surface area (Å²) in [6, 6.07) is 8.44. The van der Waals surface area contributed by atoms with Gasteiger partial charge in [0, 0.05) is 34.5 Å². The van der Waals surface area contributed by atoms with Crippen LogP contribution in [0.15, 0.2) is 29.2 Å². The predicted molar refractivity (Wildman–Crippen MR) is 110 cm³/mol. The highest BCUT2D eigenvalue weighted by atomic mass is 32.2. The Hall–Kier alpha value is -2.28. The highest BCUT2D eigenvalue weighted by molar-refractivity contribution is 8.00. The Balaban J connectivity index is 1.21. The van der Waals surface area contributed by atoms with Crippen molar-refractivity contribution in [1.29, 1.82) is 0 Å². The second-order valence-corrected chi connectivity index (χ2v) is 9.78. The molecule has 2 unspecified atom stereocenters. The van der Waals surface area contributed by atoms with Crippen LogP contribution in [0.3, 0.4) is 0 Å². The summed E-state index contributed by atoms with van der Waals surface area (Å²) in [6.45, 7) is 3.80. The Morgan fingerprint density at radius 3 is 2.72 bits per heavy atom. The highest BCUT2D eigenvalue weighted by Gasteiger charge is 2.50. The molecule has 1 N–H and O–H groups in total. The molecule has 2 aromatic rings. The molecular formula is C22H25N3O3S. The Labute approximate surface area is 174 Å². The summed E-state index contributed by atoms with van der Waals surface area (Å²) in [7, 11) is 0. The quantitative estimate of drug-likeness (QED) is 0.817. The van der Waals surface area contributed by atoms with Gasteiger partial charge in [-0.25, -0.2) is 4.79 Å². The minimum atomic E-state index is -0.978. The van der Waals surface area contributed by atoms with Gasteiger partial charge in [-0.05, 0) is 56.1 Å². The molecule has 0 radical (unpaired) electrons. The van der Waals surface area contributed by atoms with Gasteiger partial charge in [-0.15, -0.1) is 11.8 Å². The van der Waals surface area contributed by atoms with Crippen LogP contribution < -0.4 is 0 Å². The maximum absolute atomic E-state index is 12.9. The van der Waals surface area contributed by atoms with E-state index in [0.717, 1.165) is 50.0 Å². The van der Waals surface area contributed by atoms with Crippen LogP contribution >= 0.6 is 11.8 Å². The molecule has 5 rings (SSSR count). The van der Waals surface area contributed by atoms with Crippen LogP contribution in [-0.4, -0.2) is 50.0 Å². The summed E-state index contributed by atoms with van der Waals surface area (Å²) in [5.41, 5.74) is 3.33. The molecule has 2 heterocycles. The zero-order valence-corrected chi connectivity index (χ0v) is 17.3. The third-order valence-corrected chi connectivity index (χ3v) is 8.03. The van der Waals surface area contributed by atoms with E-state index < -0.39 is 5.97 Å². The van der Waals surface area contributed by atoms with Crippen molar-refractivity contribution in [3.63, 3.8) is 0 Å². The van der Waals surface area contributed by atoms with Crippen molar-refractivity contribution in [2.45, 2.75) is 55.2 Å². The number of benzene rings is 1. The number of aromatic carboxylic acids is 1. The molecule has 1 amide bonds. The predicted octanol–water partition coefficient (Wildman–Crippen LogP) is 3.33. The Morgan fingerprint density at radius 1 is 1.24 bits per heavy atom.